The van der Waals surface area contributed by atoms with Gasteiger partial charge in [0.1, 0.15) is 5.52 Å². The molecular formula is C18H16N2O4. The summed E-state index contributed by atoms with van der Waals surface area (Å²) in [5, 5.41) is 2.73. The Labute approximate surface area is 138 Å². The summed E-state index contributed by atoms with van der Waals surface area (Å²) in [5.74, 6) is -1.02. The topological polar surface area (TPSA) is 81.4 Å². The lowest BCUT2D eigenvalue weighted by Gasteiger charge is -2.09. The number of para-hydroxylation sites is 1. The number of benzene rings is 2. The first-order valence-electron chi connectivity index (χ1n) is 7.41. The highest BCUT2D eigenvalue weighted by molar-refractivity contribution is 6.02. The third kappa shape index (κ3) is 3.27. The molecule has 2 aromatic carbocycles. The van der Waals surface area contributed by atoms with Crippen molar-refractivity contribution in [1.82, 2.24) is 4.98 Å². The van der Waals surface area contributed by atoms with E-state index in [1.54, 1.807) is 18.2 Å². The fourth-order valence-corrected chi connectivity index (χ4v) is 2.40. The van der Waals surface area contributed by atoms with Gasteiger partial charge in [-0.05, 0) is 37.6 Å². The van der Waals surface area contributed by atoms with E-state index in [9.17, 15) is 9.59 Å². The zero-order chi connectivity index (χ0) is 17.1. The Bertz CT molecular complexity index is 914. The lowest BCUT2D eigenvalue weighted by molar-refractivity contribution is -0.119. The van der Waals surface area contributed by atoms with Crippen LogP contribution in [0.3, 0.4) is 0 Å². The molecule has 122 valence electrons. The Morgan fingerprint density at radius 1 is 1.21 bits per heavy atom. The van der Waals surface area contributed by atoms with Gasteiger partial charge in [0.05, 0.1) is 5.56 Å². The van der Waals surface area contributed by atoms with E-state index in [-0.39, 0.29) is 12.2 Å². The van der Waals surface area contributed by atoms with Crippen molar-refractivity contribution in [2.24, 2.45) is 0 Å². The smallest absolute Gasteiger partial charge is 0.340 e. The zero-order valence-electron chi connectivity index (χ0n) is 13.3. The van der Waals surface area contributed by atoms with Crippen molar-refractivity contribution in [2.75, 3.05) is 11.9 Å². The second-order valence-electron chi connectivity index (χ2n) is 5.45. The van der Waals surface area contributed by atoms with Crippen LogP contribution in [0, 0.1) is 13.8 Å². The average Bonchev–Trinajstić information content (AvgIpc) is 3.04. The molecule has 3 aromatic rings. The van der Waals surface area contributed by atoms with E-state index in [1.165, 1.54) is 6.39 Å². The maximum absolute atomic E-state index is 12.1. The Kier molecular flexibility index (Phi) is 4.29. The van der Waals surface area contributed by atoms with E-state index in [1.807, 2.05) is 32.0 Å². The molecule has 6 heteroatoms. The summed E-state index contributed by atoms with van der Waals surface area (Å²) in [5.41, 5.74) is 3.92. The molecule has 0 bridgehead atoms. The maximum atomic E-state index is 12.1. The number of oxazole rings is 1. The highest BCUT2D eigenvalue weighted by Crippen LogP contribution is 2.18. The van der Waals surface area contributed by atoms with Gasteiger partial charge in [-0.2, -0.15) is 0 Å². The Balaban J connectivity index is 1.64. The van der Waals surface area contributed by atoms with Crippen LogP contribution in [0.25, 0.3) is 11.1 Å². The summed E-state index contributed by atoms with van der Waals surface area (Å²) in [7, 11) is 0. The van der Waals surface area contributed by atoms with Gasteiger partial charge >= 0.3 is 5.97 Å². The summed E-state index contributed by atoms with van der Waals surface area (Å²) >= 11 is 0. The lowest BCUT2D eigenvalue weighted by Crippen LogP contribution is -2.21. The van der Waals surface area contributed by atoms with Gasteiger partial charge in [-0.3, -0.25) is 4.79 Å². The van der Waals surface area contributed by atoms with Crippen LogP contribution in [-0.4, -0.2) is 23.5 Å². The molecule has 0 unspecified atom stereocenters. The van der Waals surface area contributed by atoms with Gasteiger partial charge in [-0.15, -0.1) is 0 Å². The summed E-state index contributed by atoms with van der Waals surface area (Å²) in [6.07, 6.45) is 1.26. The van der Waals surface area contributed by atoms with Crippen LogP contribution in [0.2, 0.25) is 0 Å². The third-order valence-corrected chi connectivity index (χ3v) is 3.57. The minimum absolute atomic E-state index is 0.264. The number of fused-ring (bicyclic) bond motifs is 1. The highest BCUT2D eigenvalue weighted by Gasteiger charge is 2.16. The summed E-state index contributed by atoms with van der Waals surface area (Å²) in [4.78, 5) is 28.1. The van der Waals surface area contributed by atoms with Gasteiger partial charge in [0.15, 0.2) is 18.6 Å². The van der Waals surface area contributed by atoms with Crippen LogP contribution in [0.4, 0.5) is 5.69 Å². The molecule has 1 heterocycles. The van der Waals surface area contributed by atoms with Gasteiger partial charge in [-0.25, -0.2) is 9.78 Å². The third-order valence-electron chi connectivity index (χ3n) is 3.57. The predicted octanol–water partition coefficient (Wildman–Crippen LogP) is 3.24. The van der Waals surface area contributed by atoms with Crippen LogP contribution in [0.5, 0.6) is 0 Å². The second kappa shape index (κ2) is 6.54. The minimum Gasteiger partial charge on any atom is -0.452 e. The summed E-state index contributed by atoms with van der Waals surface area (Å²) in [6.45, 7) is 3.51. The number of rotatable bonds is 4. The van der Waals surface area contributed by atoms with E-state index < -0.39 is 11.9 Å². The van der Waals surface area contributed by atoms with Crippen LogP contribution in [0.15, 0.2) is 47.2 Å². The molecule has 0 radical (unpaired) electrons. The molecule has 0 atom stereocenters. The van der Waals surface area contributed by atoms with Crippen molar-refractivity contribution in [3.63, 3.8) is 0 Å². The summed E-state index contributed by atoms with van der Waals surface area (Å²) < 4.78 is 10.2. The zero-order valence-corrected chi connectivity index (χ0v) is 13.3. The van der Waals surface area contributed by atoms with Crippen molar-refractivity contribution in [2.45, 2.75) is 13.8 Å². The average molecular weight is 324 g/mol. The quantitative estimate of drug-likeness (QED) is 0.745. The number of carbonyl (C=O) groups excluding carboxylic acids is 2. The van der Waals surface area contributed by atoms with Crippen molar-refractivity contribution in [1.29, 1.82) is 0 Å². The lowest BCUT2D eigenvalue weighted by atomic mass is 10.1. The van der Waals surface area contributed by atoms with E-state index in [0.717, 1.165) is 11.1 Å². The van der Waals surface area contributed by atoms with Crippen molar-refractivity contribution in [3.8, 4) is 0 Å². The normalized spacial score (nSPS) is 10.6. The monoisotopic (exact) mass is 324 g/mol. The molecule has 1 aromatic heterocycles. The van der Waals surface area contributed by atoms with Crippen LogP contribution < -0.4 is 5.32 Å². The fraction of sp³-hybridized carbons (Fsp3) is 0.167. The number of ether oxygens (including phenoxy) is 1. The summed E-state index contributed by atoms with van der Waals surface area (Å²) in [6, 6.07) is 10.6. The molecule has 1 amide bonds. The number of aryl methyl sites for hydroxylation is 2. The van der Waals surface area contributed by atoms with Gasteiger partial charge < -0.3 is 14.5 Å². The molecule has 0 aliphatic rings. The van der Waals surface area contributed by atoms with E-state index in [2.05, 4.69) is 10.3 Å². The molecule has 24 heavy (non-hydrogen) atoms. The number of hydrogen-bond donors (Lipinski definition) is 1. The molecule has 1 N–H and O–H groups in total. The molecule has 0 spiro atoms. The number of nitrogens with zero attached hydrogens (tertiary/aromatic N) is 1. The van der Waals surface area contributed by atoms with Gasteiger partial charge in [0.25, 0.3) is 5.91 Å². The predicted molar refractivity (Wildman–Crippen MR) is 88.8 cm³/mol. The van der Waals surface area contributed by atoms with E-state index in [4.69, 9.17) is 9.15 Å². The molecular weight excluding hydrogens is 308 g/mol. The molecule has 0 saturated carbocycles. The maximum Gasteiger partial charge on any atom is 0.340 e. The second-order valence-corrected chi connectivity index (χ2v) is 5.45. The SMILES string of the molecule is Cc1ccc(NC(=O)COC(=O)c2cccc3ocnc23)c(C)c1. The number of hydrogen-bond acceptors (Lipinski definition) is 5. The Morgan fingerprint density at radius 2 is 2.04 bits per heavy atom. The first-order chi connectivity index (χ1) is 11.5. The van der Waals surface area contributed by atoms with E-state index >= 15 is 0 Å². The number of nitrogens with one attached hydrogen (secondary N) is 1. The highest BCUT2D eigenvalue weighted by atomic mass is 16.5. The van der Waals surface area contributed by atoms with Crippen molar-refractivity contribution < 1.29 is 18.7 Å². The number of anilines is 1. The number of esters is 1. The van der Waals surface area contributed by atoms with E-state index in [0.29, 0.717) is 16.8 Å². The van der Waals surface area contributed by atoms with Crippen LogP contribution in [0.1, 0.15) is 21.5 Å². The van der Waals surface area contributed by atoms with Crippen LogP contribution >= 0.6 is 0 Å². The van der Waals surface area contributed by atoms with Crippen molar-refractivity contribution >= 4 is 28.7 Å². The Hall–Kier alpha value is -3.15. The number of amides is 1. The Morgan fingerprint density at radius 3 is 2.83 bits per heavy atom. The number of carbonyl (C=O) groups is 2. The number of aromatic nitrogens is 1. The van der Waals surface area contributed by atoms with Crippen molar-refractivity contribution in [3.05, 3.63) is 59.5 Å². The minimum atomic E-state index is -0.620. The first kappa shape index (κ1) is 15.7. The van der Waals surface area contributed by atoms with Gasteiger partial charge in [0, 0.05) is 5.69 Å². The fourth-order valence-electron chi connectivity index (χ4n) is 2.40. The molecule has 3 rings (SSSR count). The molecule has 0 aliphatic carbocycles. The van der Waals surface area contributed by atoms with Gasteiger partial charge in [0.2, 0.25) is 0 Å². The standard InChI is InChI=1S/C18H16N2O4/c1-11-6-7-14(12(2)8-11)20-16(21)9-23-18(22)13-4-3-5-15-17(13)19-10-24-15/h3-8,10H,9H2,1-2H3,(H,20,21). The molecule has 0 fully saturated rings. The first-order valence-corrected chi connectivity index (χ1v) is 7.41. The molecule has 0 aliphatic heterocycles. The van der Waals surface area contributed by atoms with Crippen LogP contribution in [-0.2, 0) is 9.53 Å². The van der Waals surface area contributed by atoms with Gasteiger partial charge in [-0.1, -0.05) is 23.8 Å². The molecule has 6 nitrogen and oxygen atoms in total. The largest absolute Gasteiger partial charge is 0.452 e. The molecule has 0 saturated heterocycles.